The molecule has 134 valence electrons. The van der Waals surface area contributed by atoms with Crippen LogP contribution in [0.2, 0.25) is 0 Å². The number of hydrogen-bond donors (Lipinski definition) is 1. The zero-order chi connectivity index (χ0) is 17.8. The Balaban J connectivity index is 1.69. The number of piperidine rings is 1. The van der Waals surface area contributed by atoms with Gasteiger partial charge in [-0.1, -0.05) is 30.3 Å². The number of carbonyl (C=O) groups is 3. The Bertz CT molecular complexity index is 655. The number of likely N-dealkylation sites (tertiary alicyclic amines) is 1. The molecule has 2 saturated heterocycles. The maximum Gasteiger partial charge on any atom is 0.411 e. The van der Waals surface area contributed by atoms with Crippen molar-refractivity contribution < 1.29 is 19.1 Å². The third-order valence-corrected chi connectivity index (χ3v) is 4.72. The molecule has 0 aromatic heterocycles. The van der Waals surface area contributed by atoms with Crippen molar-refractivity contribution in [3.63, 3.8) is 0 Å². The van der Waals surface area contributed by atoms with Gasteiger partial charge in [-0.25, -0.2) is 4.79 Å². The van der Waals surface area contributed by atoms with E-state index in [4.69, 9.17) is 16.3 Å². The van der Waals surface area contributed by atoms with Gasteiger partial charge in [-0.15, -0.1) is 11.6 Å². The molecule has 0 radical (unpaired) electrons. The van der Waals surface area contributed by atoms with Gasteiger partial charge in [0.1, 0.15) is 19.3 Å². The first-order valence-electron chi connectivity index (χ1n) is 8.22. The van der Waals surface area contributed by atoms with Crippen molar-refractivity contribution in [2.75, 3.05) is 19.6 Å². The minimum Gasteiger partial charge on any atom is -0.444 e. The maximum atomic E-state index is 12.6. The number of ether oxygens (including phenoxy) is 1. The zero-order valence-electron chi connectivity index (χ0n) is 13.7. The number of nitrogens with zero attached hydrogens (tertiary/aromatic N) is 2. The fraction of sp³-hybridized carbons (Fsp3) is 0.471. The Labute approximate surface area is 150 Å². The molecule has 0 bridgehead atoms. The first-order chi connectivity index (χ1) is 12.0. The second kappa shape index (κ2) is 7.74. The van der Waals surface area contributed by atoms with Crippen LogP contribution < -0.4 is 5.32 Å². The molecule has 1 N–H and O–H groups in total. The lowest BCUT2D eigenvalue weighted by Crippen LogP contribution is -2.63. The molecule has 1 aromatic carbocycles. The number of halogens is 1. The van der Waals surface area contributed by atoms with E-state index in [1.165, 1.54) is 9.80 Å². The highest BCUT2D eigenvalue weighted by molar-refractivity contribution is 6.20. The Hall–Kier alpha value is -2.28. The predicted octanol–water partition coefficient (Wildman–Crippen LogP) is 1.31. The standard InChI is InChI=1S/C17H20ClN3O4/c18-13-6-7-15(20-10-14(22)19-8-16(20)23)21(9-13)17(24)25-11-12-4-2-1-3-5-12/h1-5,13,15H,6-11H2,(H,19,22). The largest absolute Gasteiger partial charge is 0.444 e. The van der Waals surface area contributed by atoms with Crippen LogP contribution in [-0.2, 0) is 20.9 Å². The van der Waals surface area contributed by atoms with Crippen molar-refractivity contribution in [2.24, 2.45) is 0 Å². The van der Waals surface area contributed by atoms with Gasteiger partial charge in [0.25, 0.3) is 0 Å². The van der Waals surface area contributed by atoms with Crippen molar-refractivity contribution in [1.82, 2.24) is 15.1 Å². The number of carbonyl (C=O) groups excluding carboxylic acids is 3. The highest BCUT2D eigenvalue weighted by Gasteiger charge is 2.39. The summed E-state index contributed by atoms with van der Waals surface area (Å²) in [6, 6.07) is 9.35. The van der Waals surface area contributed by atoms with Crippen LogP contribution in [0.5, 0.6) is 0 Å². The summed E-state index contributed by atoms with van der Waals surface area (Å²) in [4.78, 5) is 39.3. The molecule has 25 heavy (non-hydrogen) atoms. The Morgan fingerprint density at radius 1 is 1.24 bits per heavy atom. The Morgan fingerprint density at radius 2 is 2.00 bits per heavy atom. The van der Waals surface area contributed by atoms with Gasteiger partial charge in [0.05, 0.1) is 11.9 Å². The maximum absolute atomic E-state index is 12.6. The van der Waals surface area contributed by atoms with Crippen molar-refractivity contribution in [1.29, 1.82) is 0 Å². The van der Waals surface area contributed by atoms with Crippen LogP contribution in [0.15, 0.2) is 30.3 Å². The molecule has 2 aliphatic rings. The lowest BCUT2D eigenvalue weighted by Gasteiger charge is -2.44. The van der Waals surface area contributed by atoms with Crippen LogP contribution in [0, 0.1) is 0 Å². The Morgan fingerprint density at radius 3 is 2.76 bits per heavy atom. The zero-order valence-corrected chi connectivity index (χ0v) is 14.4. The van der Waals surface area contributed by atoms with Crippen molar-refractivity contribution >= 4 is 29.5 Å². The third-order valence-electron chi connectivity index (χ3n) is 4.36. The van der Waals surface area contributed by atoms with Gasteiger partial charge < -0.3 is 15.0 Å². The van der Waals surface area contributed by atoms with E-state index >= 15 is 0 Å². The molecule has 3 amide bonds. The van der Waals surface area contributed by atoms with Crippen LogP contribution in [0.1, 0.15) is 18.4 Å². The molecule has 0 saturated carbocycles. The van der Waals surface area contributed by atoms with E-state index in [-0.39, 0.29) is 43.4 Å². The molecule has 7 nitrogen and oxygen atoms in total. The molecular weight excluding hydrogens is 346 g/mol. The second-order valence-electron chi connectivity index (χ2n) is 6.15. The number of benzene rings is 1. The molecule has 0 spiro atoms. The predicted molar refractivity (Wildman–Crippen MR) is 90.7 cm³/mol. The summed E-state index contributed by atoms with van der Waals surface area (Å²) >= 11 is 6.21. The van der Waals surface area contributed by atoms with Crippen LogP contribution in [0.3, 0.4) is 0 Å². The minimum atomic E-state index is -0.530. The summed E-state index contributed by atoms with van der Waals surface area (Å²) in [5.41, 5.74) is 0.875. The normalized spacial score (nSPS) is 24.0. The highest BCUT2D eigenvalue weighted by atomic mass is 35.5. The van der Waals surface area contributed by atoms with Gasteiger partial charge in [-0.2, -0.15) is 0 Å². The first-order valence-corrected chi connectivity index (χ1v) is 8.66. The van der Waals surface area contributed by atoms with E-state index in [2.05, 4.69) is 5.32 Å². The Kier molecular flexibility index (Phi) is 5.43. The number of amides is 3. The van der Waals surface area contributed by atoms with Crippen molar-refractivity contribution in [3.05, 3.63) is 35.9 Å². The molecule has 2 unspecified atom stereocenters. The summed E-state index contributed by atoms with van der Waals surface area (Å²) in [5.74, 6) is -0.441. The number of nitrogens with one attached hydrogen (secondary N) is 1. The van der Waals surface area contributed by atoms with Crippen molar-refractivity contribution in [3.8, 4) is 0 Å². The van der Waals surface area contributed by atoms with Gasteiger partial charge in [-0.05, 0) is 18.4 Å². The number of rotatable bonds is 3. The van der Waals surface area contributed by atoms with Gasteiger partial charge in [-0.3, -0.25) is 14.5 Å². The van der Waals surface area contributed by atoms with Crippen LogP contribution in [0.25, 0.3) is 0 Å². The molecule has 2 atom stereocenters. The quantitative estimate of drug-likeness (QED) is 0.819. The van der Waals surface area contributed by atoms with E-state index < -0.39 is 12.3 Å². The molecule has 2 fully saturated rings. The smallest absolute Gasteiger partial charge is 0.411 e. The summed E-state index contributed by atoms with van der Waals surface area (Å²) in [5, 5.41) is 2.31. The lowest BCUT2D eigenvalue weighted by molar-refractivity contribution is -0.147. The average molecular weight is 366 g/mol. The van der Waals surface area contributed by atoms with Crippen LogP contribution in [0.4, 0.5) is 4.79 Å². The minimum absolute atomic E-state index is 0.0491. The fourth-order valence-corrected chi connectivity index (χ4v) is 3.36. The lowest BCUT2D eigenvalue weighted by atomic mass is 10.1. The van der Waals surface area contributed by atoms with Gasteiger partial charge in [0, 0.05) is 6.54 Å². The number of hydrogen-bond acceptors (Lipinski definition) is 4. The van der Waals surface area contributed by atoms with Crippen LogP contribution >= 0.6 is 11.6 Å². The monoisotopic (exact) mass is 365 g/mol. The van der Waals surface area contributed by atoms with E-state index in [0.29, 0.717) is 12.8 Å². The fourth-order valence-electron chi connectivity index (χ4n) is 3.08. The second-order valence-corrected chi connectivity index (χ2v) is 6.76. The molecule has 1 aromatic rings. The van der Waals surface area contributed by atoms with Gasteiger partial charge >= 0.3 is 6.09 Å². The molecule has 0 aliphatic carbocycles. The average Bonchev–Trinajstić information content (AvgIpc) is 2.62. The number of piperazine rings is 1. The highest BCUT2D eigenvalue weighted by Crippen LogP contribution is 2.25. The summed E-state index contributed by atoms with van der Waals surface area (Å²) < 4.78 is 5.39. The molecular formula is C17H20ClN3O4. The summed E-state index contributed by atoms with van der Waals surface area (Å²) in [7, 11) is 0. The topological polar surface area (TPSA) is 79.0 Å². The molecule has 2 heterocycles. The van der Waals surface area contributed by atoms with Gasteiger partial charge in [0.15, 0.2) is 0 Å². The summed E-state index contributed by atoms with van der Waals surface area (Å²) in [6.45, 7) is 0.320. The van der Waals surface area contributed by atoms with Gasteiger partial charge in [0.2, 0.25) is 11.8 Å². The van der Waals surface area contributed by atoms with Crippen molar-refractivity contribution in [2.45, 2.75) is 31.0 Å². The third kappa shape index (κ3) is 4.22. The van der Waals surface area contributed by atoms with Crippen LogP contribution in [-0.4, -0.2) is 58.9 Å². The van der Waals surface area contributed by atoms with E-state index in [0.717, 1.165) is 5.56 Å². The molecule has 8 heteroatoms. The SMILES string of the molecule is O=C1CN(C2CCC(Cl)CN2C(=O)OCc2ccccc2)C(=O)CN1. The summed E-state index contributed by atoms with van der Waals surface area (Å²) in [6.07, 6.45) is 0.156. The number of alkyl halides is 1. The first kappa shape index (κ1) is 17.5. The van der Waals surface area contributed by atoms with E-state index in [1.807, 2.05) is 30.3 Å². The molecule has 3 rings (SSSR count). The van der Waals surface area contributed by atoms with E-state index in [9.17, 15) is 14.4 Å². The van der Waals surface area contributed by atoms with E-state index in [1.54, 1.807) is 0 Å². The molecule has 2 aliphatic heterocycles.